The summed E-state index contributed by atoms with van der Waals surface area (Å²) in [4.78, 5) is 29.8. The molecule has 0 aliphatic heterocycles. The Hall–Kier alpha value is -2.71. The molecule has 30 heavy (non-hydrogen) atoms. The standard InChI is InChI=1S/C22H25N3O3S2/c1-3-4-7-15-8-5-6-9-18(15)23-13-17-10-11-19(30-17)21(27)25-22-24-16(14-29-22)12-20(26)28-2/h5-6,8-11,14,23H,3-4,7,12-13H2,1-2H3,(H,24,25,27). The normalized spacial score (nSPS) is 10.6. The third kappa shape index (κ3) is 6.14. The molecular weight excluding hydrogens is 418 g/mol. The highest BCUT2D eigenvalue weighted by Crippen LogP contribution is 2.23. The molecule has 3 aromatic rings. The molecule has 3 rings (SSSR count). The lowest BCUT2D eigenvalue weighted by Crippen LogP contribution is -2.10. The van der Waals surface area contributed by atoms with Crippen molar-refractivity contribution in [1.82, 2.24) is 4.98 Å². The van der Waals surface area contributed by atoms with Crippen LogP contribution in [0.3, 0.4) is 0 Å². The topological polar surface area (TPSA) is 80.3 Å². The average Bonchev–Trinajstić information content (AvgIpc) is 3.40. The lowest BCUT2D eigenvalue weighted by Gasteiger charge is -2.11. The number of hydrogen-bond donors (Lipinski definition) is 2. The van der Waals surface area contributed by atoms with Crippen molar-refractivity contribution >= 4 is 45.4 Å². The number of nitrogens with one attached hydrogen (secondary N) is 2. The van der Waals surface area contributed by atoms with Crippen molar-refractivity contribution < 1.29 is 14.3 Å². The molecular formula is C22H25N3O3S2. The van der Waals surface area contributed by atoms with Crippen LogP contribution < -0.4 is 10.6 Å². The minimum atomic E-state index is -0.357. The highest BCUT2D eigenvalue weighted by atomic mass is 32.1. The number of amides is 1. The number of anilines is 2. The quantitative estimate of drug-likeness (QED) is 0.425. The van der Waals surface area contributed by atoms with Crippen LogP contribution in [0.15, 0.2) is 41.8 Å². The maximum absolute atomic E-state index is 12.5. The van der Waals surface area contributed by atoms with E-state index >= 15 is 0 Å². The Morgan fingerprint density at radius 1 is 1.17 bits per heavy atom. The maximum Gasteiger partial charge on any atom is 0.311 e. The van der Waals surface area contributed by atoms with E-state index in [-0.39, 0.29) is 18.3 Å². The summed E-state index contributed by atoms with van der Waals surface area (Å²) in [7, 11) is 1.34. The van der Waals surface area contributed by atoms with E-state index in [1.165, 1.54) is 48.2 Å². The lowest BCUT2D eigenvalue weighted by molar-refractivity contribution is -0.139. The molecule has 8 heteroatoms. The highest BCUT2D eigenvalue weighted by molar-refractivity contribution is 7.15. The molecule has 0 fully saturated rings. The van der Waals surface area contributed by atoms with Gasteiger partial charge in [-0.15, -0.1) is 22.7 Å². The number of rotatable bonds is 10. The Balaban J connectivity index is 1.56. The number of ether oxygens (including phenoxy) is 1. The summed E-state index contributed by atoms with van der Waals surface area (Å²) in [6.07, 6.45) is 3.49. The van der Waals surface area contributed by atoms with Gasteiger partial charge in [-0.1, -0.05) is 31.5 Å². The Labute approximate surface area is 184 Å². The van der Waals surface area contributed by atoms with Crippen LogP contribution in [0.25, 0.3) is 0 Å². The van der Waals surface area contributed by atoms with Gasteiger partial charge in [0.15, 0.2) is 5.13 Å². The molecule has 6 nitrogen and oxygen atoms in total. The van der Waals surface area contributed by atoms with E-state index in [0.29, 0.717) is 22.2 Å². The SMILES string of the molecule is CCCCc1ccccc1NCc1ccc(C(=O)Nc2nc(CC(=O)OC)cs2)s1. The van der Waals surface area contributed by atoms with Crippen LogP contribution in [0.4, 0.5) is 10.8 Å². The van der Waals surface area contributed by atoms with Gasteiger partial charge in [0, 0.05) is 22.5 Å². The van der Waals surface area contributed by atoms with E-state index in [4.69, 9.17) is 0 Å². The van der Waals surface area contributed by atoms with E-state index < -0.39 is 0 Å². The summed E-state index contributed by atoms with van der Waals surface area (Å²) in [5, 5.41) is 8.50. The number of esters is 1. The molecule has 158 valence electrons. The van der Waals surface area contributed by atoms with Crippen molar-refractivity contribution in [3.63, 3.8) is 0 Å². The third-order valence-corrected chi connectivity index (χ3v) is 6.37. The molecule has 0 spiro atoms. The Morgan fingerprint density at radius 3 is 2.80 bits per heavy atom. The molecule has 1 aromatic carbocycles. The second-order valence-corrected chi connectivity index (χ2v) is 8.76. The fraction of sp³-hybridized carbons (Fsp3) is 0.318. The fourth-order valence-electron chi connectivity index (χ4n) is 2.88. The number of unbranched alkanes of at least 4 members (excludes halogenated alkanes) is 1. The first-order valence-electron chi connectivity index (χ1n) is 9.82. The molecule has 1 amide bonds. The zero-order chi connectivity index (χ0) is 21.3. The van der Waals surface area contributed by atoms with E-state index in [0.717, 1.165) is 17.0 Å². The summed E-state index contributed by atoms with van der Waals surface area (Å²) >= 11 is 2.74. The summed E-state index contributed by atoms with van der Waals surface area (Å²) in [5.41, 5.74) is 3.05. The number of methoxy groups -OCH3 is 1. The number of benzene rings is 1. The molecule has 2 heterocycles. The first-order valence-corrected chi connectivity index (χ1v) is 11.5. The zero-order valence-electron chi connectivity index (χ0n) is 17.1. The number of carbonyl (C=O) groups excluding carboxylic acids is 2. The number of aryl methyl sites for hydroxylation is 1. The summed E-state index contributed by atoms with van der Waals surface area (Å²) < 4.78 is 4.63. The zero-order valence-corrected chi connectivity index (χ0v) is 18.7. The van der Waals surface area contributed by atoms with Crippen LogP contribution in [0, 0.1) is 0 Å². The van der Waals surface area contributed by atoms with Crippen LogP contribution in [-0.2, 0) is 28.9 Å². The predicted octanol–water partition coefficient (Wildman–Crippen LogP) is 5.13. The maximum atomic E-state index is 12.5. The van der Waals surface area contributed by atoms with Crippen molar-refractivity contribution in [2.24, 2.45) is 0 Å². The van der Waals surface area contributed by atoms with Crippen molar-refractivity contribution in [2.75, 3.05) is 17.7 Å². The number of aromatic nitrogens is 1. The van der Waals surface area contributed by atoms with E-state index in [1.807, 2.05) is 18.2 Å². The molecule has 0 radical (unpaired) electrons. The monoisotopic (exact) mass is 443 g/mol. The van der Waals surface area contributed by atoms with Gasteiger partial charge in [-0.2, -0.15) is 0 Å². The average molecular weight is 444 g/mol. The molecule has 0 bridgehead atoms. The summed E-state index contributed by atoms with van der Waals surface area (Å²) in [6, 6.07) is 12.1. The Morgan fingerprint density at radius 2 is 2.00 bits per heavy atom. The van der Waals surface area contributed by atoms with Gasteiger partial charge in [0.2, 0.25) is 0 Å². The molecule has 0 saturated carbocycles. The smallest absolute Gasteiger partial charge is 0.311 e. The molecule has 2 N–H and O–H groups in total. The van der Waals surface area contributed by atoms with Crippen molar-refractivity contribution in [3.05, 3.63) is 62.8 Å². The van der Waals surface area contributed by atoms with Gasteiger partial charge in [-0.05, 0) is 36.6 Å². The molecule has 0 atom stereocenters. The first kappa shape index (κ1) is 22.0. The van der Waals surface area contributed by atoms with Crippen LogP contribution in [0.1, 0.15) is 45.6 Å². The Bertz CT molecular complexity index is 997. The van der Waals surface area contributed by atoms with Gasteiger partial charge < -0.3 is 10.1 Å². The van der Waals surface area contributed by atoms with Gasteiger partial charge >= 0.3 is 5.97 Å². The van der Waals surface area contributed by atoms with E-state index in [1.54, 1.807) is 5.38 Å². The van der Waals surface area contributed by atoms with Gasteiger partial charge in [0.1, 0.15) is 0 Å². The number of nitrogens with zero attached hydrogens (tertiary/aromatic N) is 1. The molecule has 0 aliphatic rings. The number of hydrogen-bond acceptors (Lipinski definition) is 7. The lowest BCUT2D eigenvalue weighted by atomic mass is 10.1. The van der Waals surface area contributed by atoms with Crippen molar-refractivity contribution in [1.29, 1.82) is 0 Å². The van der Waals surface area contributed by atoms with E-state index in [9.17, 15) is 9.59 Å². The second-order valence-electron chi connectivity index (χ2n) is 6.73. The van der Waals surface area contributed by atoms with Crippen LogP contribution in [0.5, 0.6) is 0 Å². The third-order valence-electron chi connectivity index (χ3n) is 4.48. The number of carbonyl (C=O) groups is 2. The van der Waals surface area contributed by atoms with Gasteiger partial charge in [-0.3, -0.25) is 14.9 Å². The fourth-order valence-corrected chi connectivity index (χ4v) is 4.43. The second kappa shape index (κ2) is 10.9. The van der Waals surface area contributed by atoms with Crippen LogP contribution in [-0.4, -0.2) is 24.0 Å². The van der Waals surface area contributed by atoms with Crippen LogP contribution in [0.2, 0.25) is 0 Å². The molecule has 2 aromatic heterocycles. The van der Waals surface area contributed by atoms with Crippen LogP contribution >= 0.6 is 22.7 Å². The van der Waals surface area contributed by atoms with Gasteiger partial charge in [0.25, 0.3) is 5.91 Å². The molecule has 0 aliphatic carbocycles. The minimum Gasteiger partial charge on any atom is -0.469 e. The summed E-state index contributed by atoms with van der Waals surface area (Å²) in [6.45, 7) is 2.86. The number of thiophene rings is 1. The number of thiazole rings is 1. The minimum absolute atomic E-state index is 0.0947. The van der Waals surface area contributed by atoms with E-state index in [2.05, 4.69) is 45.5 Å². The Kier molecular flexibility index (Phi) is 7.98. The number of para-hydroxylation sites is 1. The largest absolute Gasteiger partial charge is 0.469 e. The molecule has 0 unspecified atom stereocenters. The van der Waals surface area contributed by atoms with Crippen molar-refractivity contribution in [2.45, 2.75) is 39.2 Å². The highest BCUT2D eigenvalue weighted by Gasteiger charge is 2.13. The predicted molar refractivity (Wildman–Crippen MR) is 122 cm³/mol. The summed E-state index contributed by atoms with van der Waals surface area (Å²) in [5.74, 6) is -0.557. The van der Waals surface area contributed by atoms with Gasteiger partial charge in [0.05, 0.1) is 24.1 Å². The van der Waals surface area contributed by atoms with Crippen molar-refractivity contribution in [3.8, 4) is 0 Å². The van der Waals surface area contributed by atoms with Gasteiger partial charge in [-0.25, -0.2) is 4.98 Å². The molecule has 0 saturated heterocycles. The first-order chi connectivity index (χ1) is 14.6.